The lowest BCUT2D eigenvalue weighted by Crippen LogP contribution is -2.15. The average Bonchev–Trinajstić information content (AvgIpc) is 3.45. The first kappa shape index (κ1) is 21.3. The Morgan fingerprint density at radius 2 is 1.94 bits per heavy atom. The van der Waals surface area contributed by atoms with E-state index in [1.807, 2.05) is 6.07 Å². The number of amides is 2. The molecule has 0 aliphatic carbocycles. The van der Waals surface area contributed by atoms with Gasteiger partial charge in [0.05, 0.1) is 18.4 Å². The number of rotatable bonds is 8. The number of nitrogens with zero attached hydrogens (tertiary/aromatic N) is 1. The maximum Gasteiger partial charge on any atom is 0.293 e. The SMILES string of the molecule is O=C(Cc1csc(NC(=O)c2ccco2)n1)Nc1cccc(COc2cccc(F)c2)c1. The second kappa shape index (κ2) is 9.88. The van der Waals surface area contributed by atoms with E-state index in [0.717, 1.165) is 5.56 Å². The molecular formula is C23H18FN3O4S. The van der Waals surface area contributed by atoms with Gasteiger partial charge in [-0.25, -0.2) is 9.37 Å². The summed E-state index contributed by atoms with van der Waals surface area (Å²) < 4.78 is 23.9. The van der Waals surface area contributed by atoms with E-state index in [0.29, 0.717) is 22.3 Å². The Labute approximate surface area is 186 Å². The van der Waals surface area contributed by atoms with Crippen LogP contribution >= 0.6 is 11.3 Å². The summed E-state index contributed by atoms with van der Waals surface area (Å²) in [7, 11) is 0. The lowest BCUT2D eigenvalue weighted by atomic mass is 10.2. The molecule has 0 saturated heterocycles. The summed E-state index contributed by atoms with van der Waals surface area (Å²) in [6.07, 6.45) is 1.46. The van der Waals surface area contributed by atoms with Gasteiger partial charge in [-0.1, -0.05) is 18.2 Å². The van der Waals surface area contributed by atoms with Gasteiger partial charge in [0.1, 0.15) is 18.2 Å². The molecule has 4 rings (SSSR count). The van der Waals surface area contributed by atoms with E-state index < -0.39 is 5.91 Å². The van der Waals surface area contributed by atoms with Crippen molar-refractivity contribution in [3.8, 4) is 5.75 Å². The Hall–Kier alpha value is -3.98. The number of hydrogen-bond acceptors (Lipinski definition) is 6. The summed E-state index contributed by atoms with van der Waals surface area (Å²) in [5, 5.41) is 7.54. The molecule has 0 aliphatic rings. The number of carbonyl (C=O) groups excluding carboxylic acids is 2. The molecule has 0 fully saturated rings. The third kappa shape index (κ3) is 5.79. The van der Waals surface area contributed by atoms with Gasteiger partial charge in [0.2, 0.25) is 5.91 Å². The average molecular weight is 451 g/mol. The Kier molecular flexibility index (Phi) is 6.57. The molecule has 7 nitrogen and oxygen atoms in total. The molecule has 4 aromatic rings. The summed E-state index contributed by atoms with van der Waals surface area (Å²) in [4.78, 5) is 28.7. The fourth-order valence-electron chi connectivity index (χ4n) is 2.84. The number of benzene rings is 2. The molecule has 0 bridgehead atoms. The molecule has 0 unspecified atom stereocenters. The van der Waals surface area contributed by atoms with Gasteiger partial charge in [0.15, 0.2) is 10.9 Å². The molecule has 2 aromatic carbocycles. The van der Waals surface area contributed by atoms with Crippen LogP contribution in [0.25, 0.3) is 0 Å². The summed E-state index contributed by atoms with van der Waals surface area (Å²) in [6.45, 7) is 0.234. The number of anilines is 2. The summed E-state index contributed by atoms with van der Waals surface area (Å²) in [5.41, 5.74) is 1.97. The van der Waals surface area contributed by atoms with Crippen molar-refractivity contribution < 1.29 is 23.1 Å². The predicted molar refractivity (Wildman–Crippen MR) is 118 cm³/mol. The lowest BCUT2D eigenvalue weighted by Gasteiger charge is -2.09. The summed E-state index contributed by atoms with van der Waals surface area (Å²) in [6, 6.07) is 16.3. The summed E-state index contributed by atoms with van der Waals surface area (Å²) in [5.74, 6) is -0.409. The maximum absolute atomic E-state index is 13.3. The molecular weight excluding hydrogens is 433 g/mol. The van der Waals surface area contributed by atoms with E-state index in [-0.39, 0.29) is 30.5 Å². The minimum Gasteiger partial charge on any atom is -0.489 e. The Bertz CT molecular complexity index is 1220. The quantitative estimate of drug-likeness (QED) is 0.398. The molecule has 0 spiro atoms. The van der Waals surface area contributed by atoms with Crippen molar-refractivity contribution in [2.75, 3.05) is 10.6 Å². The number of hydrogen-bond donors (Lipinski definition) is 2. The highest BCUT2D eigenvalue weighted by molar-refractivity contribution is 7.14. The van der Waals surface area contributed by atoms with Crippen LogP contribution in [0.4, 0.5) is 15.2 Å². The normalized spacial score (nSPS) is 10.5. The molecule has 2 N–H and O–H groups in total. The van der Waals surface area contributed by atoms with Gasteiger partial charge in [-0.3, -0.25) is 14.9 Å². The van der Waals surface area contributed by atoms with Gasteiger partial charge < -0.3 is 14.5 Å². The highest BCUT2D eigenvalue weighted by atomic mass is 32.1. The predicted octanol–water partition coefficient (Wildman–Crippen LogP) is 4.89. The number of furan rings is 1. The second-order valence-electron chi connectivity index (χ2n) is 6.75. The van der Waals surface area contributed by atoms with E-state index in [2.05, 4.69) is 15.6 Å². The molecule has 2 heterocycles. The number of aromatic nitrogens is 1. The molecule has 0 atom stereocenters. The fraction of sp³-hybridized carbons (Fsp3) is 0.0870. The van der Waals surface area contributed by atoms with E-state index in [1.54, 1.807) is 47.8 Å². The molecule has 0 saturated carbocycles. The first-order chi connectivity index (χ1) is 15.5. The number of nitrogens with one attached hydrogen (secondary N) is 2. The van der Waals surface area contributed by atoms with Crippen LogP contribution < -0.4 is 15.4 Å². The molecule has 2 amide bonds. The fourth-order valence-corrected chi connectivity index (χ4v) is 3.55. The van der Waals surface area contributed by atoms with Gasteiger partial charge in [0, 0.05) is 17.1 Å². The van der Waals surface area contributed by atoms with E-state index in [9.17, 15) is 14.0 Å². The molecule has 32 heavy (non-hydrogen) atoms. The number of thiazole rings is 1. The molecule has 9 heteroatoms. The van der Waals surface area contributed by atoms with Crippen molar-refractivity contribution in [2.45, 2.75) is 13.0 Å². The number of halogens is 1. The van der Waals surface area contributed by atoms with E-state index in [1.165, 1.54) is 29.7 Å². The largest absolute Gasteiger partial charge is 0.489 e. The topological polar surface area (TPSA) is 93.5 Å². The van der Waals surface area contributed by atoms with E-state index >= 15 is 0 Å². The monoisotopic (exact) mass is 451 g/mol. The van der Waals surface area contributed by atoms with Crippen LogP contribution in [0.3, 0.4) is 0 Å². The van der Waals surface area contributed by atoms with Crippen LogP contribution in [-0.4, -0.2) is 16.8 Å². The lowest BCUT2D eigenvalue weighted by molar-refractivity contribution is -0.115. The third-order valence-electron chi connectivity index (χ3n) is 4.27. The highest BCUT2D eigenvalue weighted by Crippen LogP contribution is 2.19. The summed E-state index contributed by atoms with van der Waals surface area (Å²) >= 11 is 1.22. The number of ether oxygens (including phenoxy) is 1. The Morgan fingerprint density at radius 3 is 2.75 bits per heavy atom. The molecule has 2 aromatic heterocycles. The molecule has 162 valence electrons. The van der Waals surface area contributed by atoms with Crippen molar-refractivity contribution in [1.29, 1.82) is 0 Å². The zero-order chi connectivity index (χ0) is 22.3. The first-order valence-electron chi connectivity index (χ1n) is 9.61. The molecule has 0 aliphatic heterocycles. The van der Waals surface area contributed by atoms with Gasteiger partial charge in [-0.15, -0.1) is 11.3 Å². The Balaban J connectivity index is 1.30. The Morgan fingerprint density at radius 1 is 1.06 bits per heavy atom. The second-order valence-corrected chi connectivity index (χ2v) is 7.60. The number of carbonyl (C=O) groups is 2. The van der Waals surface area contributed by atoms with Crippen molar-refractivity contribution in [2.24, 2.45) is 0 Å². The minimum atomic E-state index is -0.405. The van der Waals surface area contributed by atoms with Crippen LogP contribution in [0.1, 0.15) is 21.8 Å². The minimum absolute atomic E-state index is 0.0527. The maximum atomic E-state index is 13.3. The smallest absolute Gasteiger partial charge is 0.293 e. The third-order valence-corrected chi connectivity index (χ3v) is 5.08. The van der Waals surface area contributed by atoms with Gasteiger partial charge in [0.25, 0.3) is 5.91 Å². The standard InChI is InChI=1S/C23H18FN3O4S/c24-16-5-2-7-19(11-16)31-13-15-4-1-6-17(10-15)25-21(28)12-18-14-32-23(26-18)27-22(29)20-8-3-9-30-20/h1-11,14H,12-13H2,(H,25,28)(H,26,27,29). The van der Waals surface area contributed by atoms with Crippen molar-refractivity contribution in [3.63, 3.8) is 0 Å². The zero-order valence-electron chi connectivity index (χ0n) is 16.7. The van der Waals surface area contributed by atoms with Gasteiger partial charge in [-0.2, -0.15) is 0 Å². The van der Waals surface area contributed by atoms with E-state index in [4.69, 9.17) is 9.15 Å². The van der Waals surface area contributed by atoms with Crippen molar-refractivity contribution >= 4 is 34.0 Å². The van der Waals surface area contributed by atoms with Crippen LogP contribution in [-0.2, 0) is 17.8 Å². The van der Waals surface area contributed by atoms with Gasteiger partial charge in [-0.05, 0) is 42.0 Å². The van der Waals surface area contributed by atoms with Crippen LogP contribution in [0.2, 0.25) is 0 Å². The van der Waals surface area contributed by atoms with Crippen molar-refractivity contribution in [1.82, 2.24) is 4.98 Å². The van der Waals surface area contributed by atoms with Gasteiger partial charge >= 0.3 is 0 Å². The zero-order valence-corrected chi connectivity index (χ0v) is 17.5. The first-order valence-corrected chi connectivity index (χ1v) is 10.5. The van der Waals surface area contributed by atoms with Crippen molar-refractivity contribution in [3.05, 3.63) is 95.1 Å². The van der Waals surface area contributed by atoms with Crippen LogP contribution in [0.5, 0.6) is 5.75 Å². The molecule has 0 radical (unpaired) electrons. The van der Waals surface area contributed by atoms with Crippen LogP contribution in [0, 0.1) is 5.82 Å². The highest BCUT2D eigenvalue weighted by Gasteiger charge is 2.13. The van der Waals surface area contributed by atoms with Crippen LogP contribution in [0.15, 0.2) is 76.7 Å².